The molecule has 102 valence electrons. The van der Waals surface area contributed by atoms with E-state index >= 15 is 0 Å². The molecular formula is C14H22ClNO2. The Morgan fingerprint density at radius 3 is 2.28 bits per heavy atom. The van der Waals surface area contributed by atoms with E-state index in [-0.39, 0.29) is 6.04 Å². The van der Waals surface area contributed by atoms with Crippen molar-refractivity contribution < 1.29 is 9.47 Å². The number of ether oxygens (including phenoxy) is 2. The SMILES string of the molecule is CCCNC(CC)c1cc(OC)c(OC)cc1Cl. The third-order valence-corrected chi connectivity index (χ3v) is 3.25. The number of rotatable bonds is 7. The summed E-state index contributed by atoms with van der Waals surface area (Å²) in [6.45, 7) is 5.26. The maximum Gasteiger partial charge on any atom is 0.162 e. The molecule has 0 fully saturated rings. The normalized spacial score (nSPS) is 12.3. The average molecular weight is 272 g/mol. The molecule has 1 unspecified atom stereocenters. The number of halogens is 1. The van der Waals surface area contributed by atoms with Crippen molar-refractivity contribution in [2.24, 2.45) is 0 Å². The van der Waals surface area contributed by atoms with Crippen LogP contribution in [0.15, 0.2) is 12.1 Å². The molecule has 1 atom stereocenters. The molecule has 1 aromatic rings. The molecule has 0 amide bonds. The monoisotopic (exact) mass is 271 g/mol. The lowest BCUT2D eigenvalue weighted by Gasteiger charge is -2.20. The van der Waals surface area contributed by atoms with Crippen molar-refractivity contribution >= 4 is 11.6 Å². The summed E-state index contributed by atoms with van der Waals surface area (Å²) in [5.41, 5.74) is 1.06. The van der Waals surface area contributed by atoms with E-state index in [1.165, 1.54) is 0 Å². The molecular weight excluding hydrogens is 250 g/mol. The first-order valence-electron chi connectivity index (χ1n) is 6.32. The topological polar surface area (TPSA) is 30.5 Å². The highest BCUT2D eigenvalue weighted by molar-refractivity contribution is 6.31. The highest BCUT2D eigenvalue weighted by atomic mass is 35.5. The zero-order valence-electron chi connectivity index (χ0n) is 11.5. The van der Waals surface area contributed by atoms with Crippen LogP contribution < -0.4 is 14.8 Å². The molecule has 1 rings (SSSR count). The van der Waals surface area contributed by atoms with Gasteiger partial charge in [0.1, 0.15) is 0 Å². The minimum absolute atomic E-state index is 0.247. The van der Waals surface area contributed by atoms with Gasteiger partial charge in [0.2, 0.25) is 0 Å². The van der Waals surface area contributed by atoms with Crippen molar-refractivity contribution in [3.8, 4) is 11.5 Å². The molecule has 0 heterocycles. The molecule has 0 saturated carbocycles. The summed E-state index contributed by atoms with van der Waals surface area (Å²) < 4.78 is 10.6. The molecule has 18 heavy (non-hydrogen) atoms. The fraction of sp³-hybridized carbons (Fsp3) is 0.571. The maximum absolute atomic E-state index is 6.31. The Morgan fingerprint density at radius 2 is 1.78 bits per heavy atom. The maximum atomic E-state index is 6.31. The van der Waals surface area contributed by atoms with E-state index in [4.69, 9.17) is 21.1 Å². The van der Waals surface area contributed by atoms with Crippen LogP contribution in [-0.4, -0.2) is 20.8 Å². The predicted molar refractivity (Wildman–Crippen MR) is 75.9 cm³/mol. The van der Waals surface area contributed by atoms with E-state index in [0.717, 1.165) is 24.9 Å². The second-order valence-corrected chi connectivity index (χ2v) is 4.55. The van der Waals surface area contributed by atoms with E-state index < -0.39 is 0 Å². The second-order valence-electron chi connectivity index (χ2n) is 4.14. The summed E-state index contributed by atoms with van der Waals surface area (Å²) in [4.78, 5) is 0. The Kier molecular flexibility index (Phi) is 6.30. The lowest BCUT2D eigenvalue weighted by Crippen LogP contribution is -2.21. The largest absolute Gasteiger partial charge is 0.493 e. The van der Waals surface area contributed by atoms with Crippen molar-refractivity contribution in [1.82, 2.24) is 5.32 Å². The van der Waals surface area contributed by atoms with Crippen molar-refractivity contribution in [3.63, 3.8) is 0 Å². The summed E-state index contributed by atoms with van der Waals surface area (Å²) in [5.74, 6) is 1.38. The van der Waals surface area contributed by atoms with E-state index in [1.807, 2.05) is 12.1 Å². The van der Waals surface area contributed by atoms with Gasteiger partial charge in [-0.1, -0.05) is 25.4 Å². The zero-order chi connectivity index (χ0) is 13.5. The Morgan fingerprint density at radius 1 is 1.17 bits per heavy atom. The van der Waals surface area contributed by atoms with Gasteiger partial charge >= 0.3 is 0 Å². The molecule has 0 aliphatic carbocycles. The van der Waals surface area contributed by atoms with E-state index in [9.17, 15) is 0 Å². The van der Waals surface area contributed by atoms with Gasteiger partial charge in [0.15, 0.2) is 11.5 Å². The Labute approximate surface area is 114 Å². The van der Waals surface area contributed by atoms with Gasteiger partial charge in [-0.2, -0.15) is 0 Å². The second kappa shape index (κ2) is 7.49. The van der Waals surface area contributed by atoms with E-state index in [0.29, 0.717) is 16.5 Å². The lowest BCUT2D eigenvalue weighted by molar-refractivity contribution is 0.353. The summed E-state index contributed by atoms with van der Waals surface area (Å²) >= 11 is 6.31. The van der Waals surface area contributed by atoms with Gasteiger partial charge in [0.25, 0.3) is 0 Å². The average Bonchev–Trinajstić information content (AvgIpc) is 2.40. The number of hydrogen-bond donors (Lipinski definition) is 1. The summed E-state index contributed by atoms with van der Waals surface area (Å²) in [5, 5.41) is 4.20. The molecule has 0 aliphatic heterocycles. The highest BCUT2D eigenvalue weighted by Crippen LogP contribution is 2.36. The molecule has 0 spiro atoms. The van der Waals surface area contributed by atoms with Gasteiger partial charge in [0, 0.05) is 17.1 Å². The number of benzene rings is 1. The molecule has 1 aromatic carbocycles. The molecule has 0 aromatic heterocycles. The van der Waals surface area contributed by atoms with Gasteiger partial charge in [-0.15, -0.1) is 0 Å². The van der Waals surface area contributed by atoms with Crippen molar-refractivity contribution in [2.45, 2.75) is 32.7 Å². The third kappa shape index (κ3) is 3.53. The van der Waals surface area contributed by atoms with Crippen LogP contribution in [0.3, 0.4) is 0 Å². The highest BCUT2D eigenvalue weighted by Gasteiger charge is 2.16. The standard InChI is InChI=1S/C14H22ClNO2/c1-5-7-16-12(6-2)10-8-13(17-3)14(18-4)9-11(10)15/h8-9,12,16H,5-7H2,1-4H3. The summed E-state index contributed by atoms with van der Waals surface area (Å²) in [7, 11) is 3.25. The molecule has 0 bridgehead atoms. The Balaban J connectivity index is 3.06. The van der Waals surface area contributed by atoms with Crippen LogP contribution in [0.25, 0.3) is 0 Å². The van der Waals surface area contributed by atoms with Gasteiger partial charge in [0.05, 0.1) is 14.2 Å². The molecule has 3 nitrogen and oxygen atoms in total. The molecule has 1 N–H and O–H groups in total. The quantitative estimate of drug-likeness (QED) is 0.818. The number of methoxy groups -OCH3 is 2. The Hall–Kier alpha value is -0.930. The molecule has 4 heteroatoms. The third-order valence-electron chi connectivity index (χ3n) is 2.93. The molecule has 0 radical (unpaired) electrons. The number of nitrogens with one attached hydrogen (secondary N) is 1. The minimum Gasteiger partial charge on any atom is -0.493 e. The van der Waals surface area contributed by atoms with Gasteiger partial charge in [-0.3, -0.25) is 0 Å². The van der Waals surface area contributed by atoms with Gasteiger partial charge in [-0.05, 0) is 31.0 Å². The van der Waals surface area contributed by atoms with E-state index in [2.05, 4.69) is 19.2 Å². The van der Waals surface area contributed by atoms with Crippen LogP contribution in [0.1, 0.15) is 38.3 Å². The van der Waals surface area contributed by atoms with Gasteiger partial charge < -0.3 is 14.8 Å². The van der Waals surface area contributed by atoms with Crippen LogP contribution in [-0.2, 0) is 0 Å². The summed E-state index contributed by atoms with van der Waals surface area (Å²) in [6, 6.07) is 4.02. The number of hydrogen-bond acceptors (Lipinski definition) is 3. The first kappa shape index (κ1) is 15.1. The fourth-order valence-electron chi connectivity index (χ4n) is 1.93. The van der Waals surface area contributed by atoms with Crippen LogP contribution in [0, 0.1) is 0 Å². The van der Waals surface area contributed by atoms with E-state index in [1.54, 1.807) is 14.2 Å². The minimum atomic E-state index is 0.247. The first-order valence-corrected chi connectivity index (χ1v) is 6.70. The molecule has 0 aliphatic rings. The van der Waals surface area contributed by atoms with Crippen molar-refractivity contribution in [2.75, 3.05) is 20.8 Å². The van der Waals surface area contributed by atoms with Crippen LogP contribution in [0.2, 0.25) is 5.02 Å². The summed E-state index contributed by atoms with van der Waals surface area (Å²) in [6.07, 6.45) is 2.08. The predicted octanol–water partition coefficient (Wildman–Crippen LogP) is 3.81. The fourth-order valence-corrected chi connectivity index (χ4v) is 2.22. The van der Waals surface area contributed by atoms with Crippen LogP contribution in [0.5, 0.6) is 11.5 Å². The lowest BCUT2D eigenvalue weighted by atomic mass is 10.0. The van der Waals surface area contributed by atoms with Crippen molar-refractivity contribution in [1.29, 1.82) is 0 Å². The van der Waals surface area contributed by atoms with Gasteiger partial charge in [-0.25, -0.2) is 0 Å². The first-order chi connectivity index (χ1) is 8.67. The molecule has 0 saturated heterocycles. The smallest absolute Gasteiger partial charge is 0.162 e. The van der Waals surface area contributed by atoms with Crippen LogP contribution >= 0.6 is 11.6 Å². The Bertz CT molecular complexity index is 382. The zero-order valence-corrected chi connectivity index (χ0v) is 12.3. The van der Waals surface area contributed by atoms with Crippen molar-refractivity contribution in [3.05, 3.63) is 22.7 Å². The van der Waals surface area contributed by atoms with Crippen LogP contribution in [0.4, 0.5) is 0 Å².